The molecule has 1 heterocycles. The second-order valence-electron chi connectivity index (χ2n) is 4.61. The van der Waals surface area contributed by atoms with Crippen molar-refractivity contribution < 1.29 is 18.3 Å². The van der Waals surface area contributed by atoms with Crippen molar-refractivity contribution in [2.24, 2.45) is 5.92 Å². The zero-order chi connectivity index (χ0) is 13.5. The molecule has 0 aromatic heterocycles. The highest BCUT2D eigenvalue weighted by Gasteiger charge is 2.24. The number of ether oxygens (including phenoxy) is 1. The molecule has 0 spiro atoms. The van der Waals surface area contributed by atoms with Gasteiger partial charge in [-0.15, -0.1) is 0 Å². The highest BCUT2D eigenvalue weighted by molar-refractivity contribution is 9.09. The molecule has 1 fully saturated rings. The van der Waals surface area contributed by atoms with Crippen molar-refractivity contribution in [1.29, 1.82) is 0 Å². The number of nitrogens with zero attached hydrogens (tertiary/aromatic N) is 1. The quantitative estimate of drug-likeness (QED) is 0.554. The molecule has 1 amide bonds. The van der Waals surface area contributed by atoms with Gasteiger partial charge in [0.05, 0.1) is 13.0 Å². The van der Waals surface area contributed by atoms with E-state index < -0.39 is 13.0 Å². The molecule has 18 heavy (non-hydrogen) atoms. The van der Waals surface area contributed by atoms with E-state index in [4.69, 9.17) is 4.74 Å². The molecule has 1 aliphatic rings. The number of hydrogen-bond donors (Lipinski definition) is 0. The van der Waals surface area contributed by atoms with Crippen LogP contribution in [0, 0.1) is 5.92 Å². The van der Waals surface area contributed by atoms with Crippen molar-refractivity contribution in [2.75, 3.05) is 26.3 Å². The Balaban J connectivity index is 2.16. The minimum atomic E-state index is -2.46. The molecule has 0 N–H and O–H groups in total. The molecule has 3 nitrogen and oxygen atoms in total. The summed E-state index contributed by atoms with van der Waals surface area (Å²) < 4.78 is 28.3. The van der Waals surface area contributed by atoms with Crippen LogP contribution < -0.4 is 0 Å². The van der Waals surface area contributed by atoms with Crippen LogP contribution in [0.5, 0.6) is 0 Å². The van der Waals surface area contributed by atoms with Crippen LogP contribution in [0.3, 0.4) is 0 Å². The molecule has 0 aromatic carbocycles. The number of likely N-dealkylation sites (tertiary alicyclic amines) is 1. The first kappa shape index (κ1) is 15.8. The lowest BCUT2D eigenvalue weighted by Crippen LogP contribution is -2.40. The molecule has 6 heteroatoms. The highest BCUT2D eigenvalue weighted by atomic mass is 79.9. The van der Waals surface area contributed by atoms with E-state index >= 15 is 0 Å². The molecular weight excluding hydrogens is 308 g/mol. The maximum Gasteiger partial charge on any atom is 0.261 e. The van der Waals surface area contributed by atoms with E-state index in [9.17, 15) is 13.6 Å². The third-order valence-electron chi connectivity index (χ3n) is 3.25. The van der Waals surface area contributed by atoms with Gasteiger partial charge in [0.15, 0.2) is 0 Å². The number of carbonyl (C=O) groups excluding carboxylic acids is 1. The minimum absolute atomic E-state index is 0.00458. The monoisotopic (exact) mass is 327 g/mol. The van der Waals surface area contributed by atoms with E-state index in [-0.39, 0.29) is 18.9 Å². The summed E-state index contributed by atoms with van der Waals surface area (Å²) in [6.45, 7) is 3.14. The van der Waals surface area contributed by atoms with Gasteiger partial charge >= 0.3 is 0 Å². The fraction of sp³-hybridized carbons (Fsp3) is 0.917. The number of carbonyl (C=O) groups is 1. The highest BCUT2D eigenvalue weighted by Crippen LogP contribution is 2.25. The van der Waals surface area contributed by atoms with Gasteiger partial charge < -0.3 is 9.64 Å². The molecule has 0 aromatic rings. The van der Waals surface area contributed by atoms with Crippen molar-refractivity contribution in [1.82, 2.24) is 4.90 Å². The maximum atomic E-state index is 11.8. The van der Waals surface area contributed by atoms with Crippen LogP contribution in [-0.2, 0) is 9.53 Å². The lowest BCUT2D eigenvalue weighted by atomic mass is 9.94. The predicted molar refractivity (Wildman–Crippen MR) is 69.1 cm³/mol. The molecule has 0 bridgehead atoms. The molecule has 1 atom stereocenters. The Morgan fingerprint density at radius 3 is 2.56 bits per heavy atom. The Morgan fingerprint density at radius 1 is 1.44 bits per heavy atom. The van der Waals surface area contributed by atoms with Crippen LogP contribution in [0.15, 0.2) is 0 Å². The second-order valence-corrected chi connectivity index (χ2v) is 6.06. The normalized spacial score (nSPS) is 19.3. The number of halogens is 3. The zero-order valence-corrected chi connectivity index (χ0v) is 12.2. The first-order valence-corrected chi connectivity index (χ1v) is 7.20. The average molecular weight is 328 g/mol. The second kappa shape index (κ2) is 8.04. The van der Waals surface area contributed by atoms with E-state index in [2.05, 4.69) is 22.9 Å². The van der Waals surface area contributed by atoms with Crippen molar-refractivity contribution >= 4 is 21.8 Å². The third-order valence-corrected chi connectivity index (χ3v) is 3.99. The smallest absolute Gasteiger partial charge is 0.261 e. The van der Waals surface area contributed by atoms with Gasteiger partial charge in [0, 0.05) is 17.9 Å². The van der Waals surface area contributed by atoms with Gasteiger partial charge in [0.1, 0.15) is 6.61 Å². The Labute approximate surface area is 115 Å². The summed E-state index contributed by atoms with van der Waals surface area (Å²) in [6.07, 6.45) is -0.274. The van der Waals surface area contributed by atoms with Crippen LogP contribution in [0.2, 0.25) is 0 Å². The van der Waals surface area contributed by atoms with Crippen LogP contribution in [0.25, 0.3) is 0 Å². The Kier molecular flexibility index (Phi) is 7.07. The van der Waals surface area contributed by atoms with Gasteiger partial charge in [0.2, 0.25) is 5.91 Å². The maximum absolute atomic E-state index is 11.8. The SMILES string of the molecule is CC(Br)C1CCN(C(=O)CCOCC(F)F)CC1. The number of piperidine rings is 1. The number of hydrogen-bond acceptors (Lipinski definition) is 2. The Morgan fingerprint density at radius 2 is 2.06 bits per heavy atom. The molecule has 1 aliphatic heterocycles. The molecule has 1 rings (SSSR count). The van der Waals surface area contributed by atoms with E-state index in [0.717, 1.165) is 25.9 Å². The van der Waals surface area contributed by atoms with E-state index in [0.29, 0.717) is 10.7 Å². The summed E-state index contributed by atoms with van der Waals surface area (Å²) in [5.41, 5.74) is 0. The summed E-state index contributed by atoms with van der Waals surface area (Å²) in [5.74, 6) is 0.620. The lowest BCUT2D eigenvalue weighted by molar-refractivity contribution is -0.134. The summed E-state index contributed by atoms with van der Waals surface area (Å²) in [4.78, 5) is 14.0. The first-order valence-electron chi connectivity index (χ1n) is 6.28. The van der Waals surface area contributed by atoms with Crippen LogP contribution in [0.4, 0.5) is 8.78 Å². The molecule has 1 saturated heterocycles. The number of amides is 1. The van der Waals surface area contributed by atoms with Crippen LogP contribution in [-0.4, -0.2) is 48.4 Å². The zero-order valence-electron chi connectivity index (χ0n) is 10.6. The summed E-state index contributed by atoms with van der Waals surface area (Å²) in [6, 6.07) is 0. The standard InChI is InChI=1S/C12H20BrF2NO2/c1-9(13)10-2-5-16(6-3-10)12(17)4-7-18-8-11(14)15/h9-11H,2-8H2,1H3. The molecule has 0 saturated carbocycles. The number of alkyl halides is 3. The summed E-state index contributed by atoms with van der Waals surface area (Å²) >= 11 is 3.56. The molecule has 106 valence electrons. The van der Waals surface area contributed by atoms with Gasteiger partial charge in [-0.1, -0.05) is 22.9 Å². The lowest BCUT2D eigenvalue weighted by Gasteiger charge is -2.33. The Hall–Kier alpha value is -0.230. The molecule has 0 radical (unpaired) electrons. The predicted octanol–water partition coefficient (Wildman–Crippen LogP) is 2.68. The van der Waals surface area contributed by atoms with Crippen molar-refractivity contribution in [3.05, 3.63) is 0 Å². The largest absolute Gasteiger partial charge is 0.375 e. The van der Waals surface area contributed by atoms with E-state index in [1.54, 1.807) is 4.90 Å². The average Bonchev–Trinajstić information content (AvgIpc) is 2.34. The van der Waals surface area contributed by atoms with Gasteiger partial charge in [-0.25, -0.2) is 8.78 Å². The van der Waals surface area contributed by atoms with Gasteiger partial charge in [-0.3, -0.25) is 4.79 Å². The van der Waals surface area contributed by atoms with Gasteiger partial charge in [-0.05, 0) is 18.8 Å². The fourth-order valence-corrected chi connectivity index (χ4v) is 2.63. The number of rotatable bonds is 6. The third kappa shape index (κ3) is 5.61. The summed E-state index contributed by atoms with van der Waals surface area (Å²) in [5, 5.41) is 0. The van der Waals surface area contributed by atoms with Gasteiger partial charge in [-0.2, -0.15) is 0 Å². The summed E-state index contributed by atoms with van der Waals surface area (Å²) in [7, 11) is 0. The molecule has 0 aliphatic carbocycles. The van der Waals surface area contributed by atoms with Crippen molar-refractivity contribution in [3.63, 3.8) is 0 Å². The molecular formula is C12H20BrF2NO2. The van der Waals surface area contributed by atoms with Crippen LogP contribution in [0.1, 0.15) is 26.2 Å². The van der Waals surface area contributed by atoms with Crippen molar-refractivity contribution in [2.45, 2.75) is 37.4 Å². The first-order chi connectivity index (χ1) is 8.50. The molecule has 1 unspecified atom stereocenters. The topological polar surface area (TPSA) is 29.5 Å². The van der Waals surface area contributed by atoms with E-state index in [1.165, 1.54) is 0 Å². The Bertz CT molecular complexity index is 256. The minimum Gasteiger partial charge on any atom is -0.375 e. The van der Waals surface area contributed by atoms with Crippen molar-refractivity contribution in [3.8, 4) is 0 Å². The van der Waals surface area contributed by atoms with Crippen LogP contribution >= 0.6 is 15.9 Å². The van der Waals surface area contributed by atoms with Gasteiger partial charge in [0.25, 0.3) is 6.43 Å². The fourth-order valence-electron chi connectivity index (χ4n) is 2.10. The van der Waals surface area contributed by atoms with E-state index in [1.807, 2.05) is 0 Å².